The van der Waals surface area contributed by atoms with Crippen LogP contribution in [0.5, 0.6) is 5.75 Å². The fraction of sp³-hybridized carbons (Fsp3) is 0.105. The van der Waals surface area contributed by atoms with E-state index in [1.165, 1.54) is 60.4 Å². The summed E-state index contributed by atoms with van der Waals surface area (Å²) in [4.78, 5) is 26.8. The first-order valence-corrected chi connectivity index (χ1v) is 11.8. The third kappa shape index (κ3) is 5.25. The Morgan fingerprint density at radius 1 is 1.29 bits per heavy atom. The zero-order chi connectivity index (χ0) is 22.9. The topological polar surface area (TPSA) is 130 Å². The largest absolute Gasteiger partial charge is 0.507 e. The molecule has 1 heterocycles. The minimum Gasteiger partial charge on any atom is -0.507 e. The Hall–Kier alpha value is -2.44. The summed E-state index contributed by atoms with van der Waals surface area (Å²) in [5.41, 5.74) is 0.675. The summed E-state index contributed by atoms with van der Waals surface area (Å²) in [5.74, 6) is -1.06. The number of carbonyl (C=O) groups is 2. The van der Waals surface area contributed by atoms with Crippen molar-refractivity contribution in [1.82, 2.24) is 4.90 Å². The highest BCUT2D eigenvalue weighted by Crippen LogP contribution is 2.36. The molecule has 3 rings (SSSR count). The van der Waals surface area contributed by atoms with Crippen molar-refractivity contribution < 1.29 is 23.1 Å². The second-order valence-electron chi connectivity index (χ2n) is 6.49. The molecule has 1 aliphatic rings. The molecule has 1 unspecified atom stereocenters. The Kier molecular flexibility index (Phi) is 6.72. The molecule has 1 fully saturated rings. The van der Waals surface area contributed by atoms with Crippen molar-refractivity contribution >= 4 is 73.5 Å². The molecule has 0 aromatic heterocycles. The fourth-order valence-corrected chi connectivity index (χ4v) is 4.79. The molecule has 31 heavy (non-hydrogen) atoms. The van der Waals surface area contributed by atoms with Gasteiger partial charge >= 0.3 is 0 Å². The normalized spacial score (nSPS) is 16.6. The molecule has 2 amide bonds. The predicted molar refractivity (Wildman–Crippen MR) is 124 cm³/mol. The van der Waals surface area contributed by atoms with Gasteiger partial charge in [0.25, 0.3) is 5.91 Å². The van der Waals surface area contributed by atoms with Crippen LogP contribution in [0.15, 0.2) is 52.3 Å². The van der Waals surface area contributed by atoms with Gasteiger partial charge in [0.1, 0.15) is 16.1 Å². The molecule has 162 valence electrons. The van der Waals surface area contributed by atoms with Crippen molar-refractivity contribution in [3.63, 3.8) is 0 Å². The maximum atomic E-state index is 12.8. The maximum Gasteiger partial charge on any atom is 0.266 e. The number of nitrogens with two attached hydrogens (primary N) is 1. The highest BCUT2D eigenvalue weighted by atomic mass is 35.5. The lowest BCUT2D eigenvalue weighted by Crippen LogP contribution is -2.44. The van der Waals surface area contributed by atoms with E-state index >= 15 is 0 Å². The predicted octanol–water partition coefficient (Wildman–Crippen LogP) is 2.92. The zero-order valence-corrected chi connectivity index (χ0v) is 19.1. The molecular weight excluding hydrogens is 482 g/mol. The first kappa shape index (κ1) is 23.2. The molecule has 0 saturated carbocycles. The van der Waals surface area contributed by atoms with Crippen LogP contribution in [0.25, 0.3) is 6.08 Å². The molecule has 2 aromatic carbocycles. The van der Waals surface area contributed by atoms with Gasteiger partial charge in [-0.15, -0.1) is 0 Å². The summed E-state index contributed by atoms with van der Waals surface area (Å²) >= 11 is 12.2. The van der Waals surface area contributed by atoms with Gasteiger partial charge in [0.05, 0.1) is 9.80 Å². The molecule has 0 spiro atoms. The Balaban J connectivity index is 1.76. The molecule has 0 radical (unpaired) electrons. The van der Waals surface area contributed by atoms with E-state index in [-0.39, 0.29) is 19.9 Å². The van der Waals surface area contributed by atoms with Gasteiger partial charge in [0.2, 0.25) is 15.9 Å². The van der Waals surface area contributed by atoms with Crippen LogP contribution < -0.4 is 10.5 Å². The zero-order valence-electron chi connectivity index (χ0n) is 15.9. The lowest BCUT2D eigenvalue weighted by Gasteiger charge is -2.22. The van der Waals surface area contributed by atoms with Gasteiger partial charge in [0, 0.05) is 16.3 Å². The second-order valence-corrected chi connectivity index (χ2v) is 10.2. The van der Waals surface area contributed by atoms with Crippen LogP contribution in [-0.4, -0.2) is 40.6 Å². The lowest BCUT2D eigenvalue weighted by atomic mass is 10.1. The molecule has 2 aromatic rings. The van der Waals surface area contributed by atoms with Gasteiger partial charge in [-0.1, -0.05) is 35.6 Å². The number of thiocarbonyl (C=S) groups is 1. The van der Waals surface area contributed by atoms with Gasteiger partial charge < -0.3 is 10.4 Å². The van der Waals surface area contributed by atoms with E-state index in [9.17, 15) is 23.1 Å². The number of hydrogen-bond donors (Lipinski definition) is 3. The van der Waals surface area contributed by atoms with Crippen LogP contribution >= 0.6 is 35.6 Å². The number of phenols is 1. The van der Waals surface area contributed by atoms with Crippen molar-refractivity contribution in [2.24, 2.45) is 5.14 Å². The van der Waals surface area contributed by atoms with Crippen molar-refractivity contribution in [2.75, 3.05) is 5.32 Å². The van der Waals surface area contributed by atoms with Gasteiger partial charge in [-0.25, -0.2) is 13.6 Å². The van der Waals surface area contributed by atoms with Crippen LogP contribution in [0.3, 0.4) is 0 Å². The molecule has 4 N–H and O–H groups in total. The highest BCUT2D eigenvalue weighted by Gasteiger charge is 2.38. The minimum absolute atomic E-state index is 0.0524. The van der Waals surface area contributed by atoms with E-state index < -0.39 is 27.9 Å². The van der Waals surface area contributed by atoms with Crippen molar-refractivity contribution in [2.45, 2.75) is 17.9 Å². The first-order chi connectivity index (χ1) is 14.5. The number of halogens is 1. The van der Waals surface area contributed by atoms with E-state index in [4.69, 9.17) is 29.0 Å². The summed E-state index contributed by atoms with van der Waals surface area (Å²) in [7, 11) is -3.85. The van der Waals surface area contributed by atoms with Crippen molar-refractivity contribution in [3.8, 4) is 5.75 Å². The quantitative estimate of drug-likeness (QED) is 0.427. The number of anilines is 1. The van der Waals surface area contributed by atoms with Gasteiger partial charge in [-0.2, -0.15) is 0 Å². The molecule has 1 saturated heterocycles. The molecule has 1 aliphatic heterocycles. The lowest BCUT2D eigenvalue weighted by molar-refractivity contribution is -0.129. The SMILES string of the molecule is CC(C(=O)Nc1ccc(S(N)(=O)=O)cc1)N1C(=O)/C(=C/c2cc(Cl)ccc2O)SC1=S. The first-order valence-electron chi connectivity index (χ1n) is 8.66. The number of aromatic hydroxyl groups is 1. The van der Waals surface area contributed by atoms with Crippen LogP contribution in [0, 0.1) is 0 Å². The van der Waals surface area contributed by atoms with E-state index in [0.717, 1.165) is 11.8 Å². The Morgan fingerprint density at radius 2 is 1.94 bits per heavy atom. The maximum absolute atomic E-state index is 12.8. The van der Waals surface area contributed by atoms with Crippen molar-refractivity contribution in [3.05, 3.63) is 58.0 Å². The third-order valence-electron chi connectivity index (χ3n) is 4.32. The Bertz CT molecular complexity index is 1210. The summed E-state index contributed by atoms with van der Waals surface area (Å²) < 4.78 is 22.8. The average molecular weight is 498 g/mol. The summed E-state index contributed by atoms with van der Waals surface area (Å²) in [6.07, 6.45) is 1.46. The van der Waals surface area contributed by atoms with E-state index in [1.807, 2.05) is 0 Å². The number of hydrogen-bond acceptors (Lipinski definition) is 7. The minimum atomic E-state index is -3.85. The third-order valence-corrected chi connectivity index (χ3v) is 6.81. The van der Waals surface area contributed by atoms with E-state index in [1.54, 1.807) is 0 Å². The number of primary sulfonamides is 1. The van der Waals surface area contributed by atoms with Crippen molar-refractivity contribution in [1.29, 1.82) is 0 Å². The number of thioether (sulfide) groups is 1. The van der Waals surface area contributed by atoms with Gasteiger partial charge in [-0.05, 0) is 55.5 Å². The number of benzene rings is 2. The summed E-state index contributed by atoms with van der Waals surface area (Å²) in [5, 5.41) is 18.0. The average Bonchev–Trinajstić information content (AvgIpc) is 2.97. The van der Waals surface area contributed by atoms with E-state index in [0.29, 0.717) is 16.3 Å². The smallest absolute Gasteiger partial charge is 0.266 e. The number of rotatable bonds is 5. The molecule has 12 heteroatoms. The van der Waals surface area contributed by atoms with Gasteiger partial charge in [0.15, 0.2) is 0 Å². The van der Waals surface area contributed by atoms with Gasteiger partial charge in [-0.3, -0.25) is 14.5 Å². The number of carbonyl (C=O) groups excluding carboxylic acids is 2. The van der Waals surface area contributed by atoms with E-state index in [2.05, 4.69) is 5.32 Å². The van der Waals surface area contributed by atoms with Crippen LogP contribution in [-0.2, 0) is 19.6 Å². The molecule has 1 atom stereocenters. The number of nitrogens with one attached hydrogen (secondary N) is 1. The fourth-order valence-electron chi connectivity index (χ4n) is 2.69. The highest BCUT2D eigenvalue weighted by molar-refractivity contribution is 8.26. The Morgan fingerprint density at radius 3 is 2.55 bits per heavy atom. The number of amides is 2. The number of phenolic OH excluding ortho intramolecular Hbond substituents is 1. The summed E-state index contributed by atoms with van der Waals surface area (Å²) in [6.45, 7) is 1.51. The molecule has 8 nitrogen and oxygen atoms in total. The van der Waals surface area contributed by atoms with Crippen LogP contribution in [0.4, 0.5) is 5.69 Å². The number of sulfonamides is 1. The molecule has 0 bridgehead atoms. The monoisotopic (exact) mass is 497 g/mol. The number of nitrogens with zero attached hydrogens (tertiary/aromatic N) is 1. The summed E-state index contributed by atoms with van der Waals surface area (Å²) in [6, 6.07) is 8.78. The second kappa shape index (κ2) is 8.97. The van der Waals surface area contributed by atoms with Crippen LogP contribution in [0.1, 0.15) is 12.5 Å². The molecular formula is C19H16ClN3O5S3. The van der Waals surface area contributed by atoms with Crippen LogP contribution in [0.2, 0.25) is 5.02 Å². The molecule has 0 aliphatic carbocycles. The Labute approximate surface area is 193 Å². The standard InChI is InChI=1S/C19H16ClN3O5S3/c1-10(17(25)22-13-3-5-14(6-4-13)31(21,27)28)23-18(26)16(30-19(23)29)9-11-8-12(20)2-7-15(11)24/h2-10,24H,1H3,(H,22,25)(H2,21,27,28)/b16-9-.